The third-order valence-corrected chi connectivity index (χ3v) is 6.27. The summed E-state index contributed by atoms with van der Waals surface area (Å²) in [5, 5.41) is 10.2. The summed E-state index contributed by atoms with van der Waals surface area (Å²) in [6.07, 6.45) is -0.617. The van der Waals surface area contributed by atoms with E-state index in [-0.39, 0.29) is 17.7 Å². The Hall–Kier alpha value is -2.96. The Labute approximate surface area is 173 Å². The molecule has 6 heteroatoms. The molecule has 0 saturated heterocycles. The molecule has 0 spiro atoms. The van der Waals surface area contributed by atoms with Crippen molar-refractivity contribution >= 4 is 23.2 Å². The Kier molecular flexibility index (Phi) is 5.22. The van der Waals surface area contributed by atoms with Crippen molar-refractivity contribution in [3.05, 3.63) is 93.7 Å². The van der Waals surface area contributed by atoms with Crippen molar-refractivity contribution < 1.29 is 14.3 Å². The van der Waals surface area contributed by atoms with E-state index in [9.17, 15) is 9.59 Å². The first-order valence-electron chi connectivity index (χ1n) is 9.41. The van der Waals surface area contributed by atoms with Crippen LogP contribution in [0.2, 0.25) is 0 Å². The van der Waals surface area contributed by atoms with Crippen molar-refractivity contribution in [2.24, 2.45) is 5.92 Å². The minimum Gasteiger partial charge on any atom is -0.361 e. The second-order valence-electron chi connectivity index (χ2n) is 7.10. The highest BCUT2D eigenvalue weighted by atomic mass is 32.1. The fraction of sp³-hybridized carbons (Fsp3) is 0.217. The van der Waals surface area contributed by atoms with E-state index in [0.29, 0.717) is 11.1 Å². The average molecular weight is 407 g/mol. The van der Waals surface area contributed by atoms with E-state index in [1.807, 2.05) is 66.2 Å². The number of hydrogen-bond donors (Lipinski definition) is 2. The highest BCUT2D eigenvalue weighted by Crippen LogP contribution is 2.44. The summed E-state index contributed by atoms with van der Waals surface area (Å²) in [6, 6.07) is 18.6. The molecule has 0 fully saturated rings. The quantitative estimate of drug-likeness (QED) is 0.613. The molecule has 0 saturated carbocycles. The summed E-state index contributed by atoms with van der Waals surface area (Å²) < 4.78 is 5.71. The van der Waals surface area contributed by atoms with E-state index < -0.39 is 11.8 Å². The van der Waals surface area contributed by atoms with Crippen LogP contribution in [0.4, 0.5) is 0 Å². The first-order chi connectivity index (χ1) is 14.1. The SMILES string of the molecule is COC(NC(=O)c1ccccc1)[C@H](C)[C@@]1(c2ccsc2)NC(=O)c2ccccc21. The highest BCUT2D eigenvalue weighted by molar-refractivity contribution is 7.08. The summed E-state index contributed by atoms with van der Waals surface area (Å²) in [7, 11) is 1.57. The van der Waals surface area contributed by atoms with Gasteiger partial charge >= 0.3 is 0 Å². The number of ether oxygens (including phenoxy) is 1. The predicted molar refractivity (Wildman–Crippen MR) is 113 cm³/mol. The number of nitrogens with one attached hydrogen (secondary N) is 2. The second kappa shape index (κ2) is 7.81. The number of carbonyl (C=O) groups is 2. The molecule has 4 rings (SSSR count). The van der Waals surface area contributed by atoms with Crippen LogP contribution in [-0.4, -0.2) is 25.2 Å². The van der Waals surface area contributed by atoms with Gasteiger partial charge in [0.05, 0.1) is 5.54 Å². The lowest BCUT2D eigenvalue weighted by Gasteiger charge is -2.40. The molecule has 2 aromatic carbocycles. The van der Waals surface area contributed by atoms with Crippen molar-refractivity contribution in [3.8, 4) is 0 Å². The lowest BCUT2D eigenvalue weighted by molar-refractivity contribution is 0.00471. The minimum atomic E-state index is -0.793. The summed E-state index contributed by atoms with van der Waals surface area (Å²) in [4.78, 5) is 25.6. The van der Waals surface area contributed by atoms with Gasteiger partial charge in [-0.05, 0) is 46.2 Å². The zero-order valence-electron chi connectivity index (χ0n) is 16.2. The summed E-state index contributed by atoms with van der Waals surface area (Å²) in [5.74, 6) is -0.618. The molecular formula is C23H22N2O3S. The Balaban J connectivity index is 1.74. The summed E-state index contributed by atoms with van der Waals surface area (Å²) in [6.45, 7) is 1.99. The van der Waals surface area contributed by atoms with Crippen molar-refractivity contribution in [3.63, 3.8) is 0 Å². The van der Waals surface area contributed by atoms with Crippen molar-refractivity contribution in [2.45, 2.75) is 18.7 Å². The number of rotatable bonds is 6. The molecule has 29 heavy (non-hydrogen) atoms. The van der Waals surface area contributed by atoms with E-state index >= 15 is 0 Å². The molecule has 2 heterocycles. The number of benzene rings is 2. The van der Waals surface area contributed by atoms with Gasteiger partial charge in [0, 0.05) is 24.2 Å². The Morgan fingerprint density at radius 2 is 1.83 bits per heavy atom. The van der Waals surface area contributed by atoms with Crippen LogP contribution in [-0.2, 0) is 10.3 Å². The van der Waals surface area contributed by atoms with Gasteiger partial charge in [-0.3, -0.25) is 9.59 Å². The molecule has 3 aromatic rings. The van der Waals surface area contributed by atoms with Gasteiger partial charge in [-0.1, -0.05) is 43.3 Å². The lowest BCUT2D eigenvalue weighted by atomic mass is 9.74. The van der Waals surface area contributed by atoms with Crippen LogP contribution < -0.4 is 10.6 Å². The first-order valence-corrected chi connectivity index (χ1v) is 10.4. The lowest BCUT2D eigenvalue weighted by Crippen LogP contribution is -2.54. The fourth-order valence-corrected chi connectivity index (χ4v) is 4.81. The second-order valence-corrected chi connectivity index (χ2v) is 7.88. The minimum absolute atomic E-state index is 0.122. The topological polar surface area (TPSA) is 67.4 Å². The number of carbonyl (C=O) groups excluding carboxylic acids is 2. The highest BCUT2D eigenvalue weighted by Gasteiger charge is 2.51. The van der Waals surface area contributed by atoms with Crippen molar-refractivity contribution in [2.75, 3.05) is 7.11 Å². The molecule has 1 aliphatic heterocycles. The number of methoxy groups -OCH3 is 1. The molecule has 3 atom stereocenters. The average Bonchev–Trinajstić information content (AvgIpc) is 3.40. The smallest absolute Gasteiger partial charge is 0.253 e. The molecule has 0 radical (unpaired) electrons. The summed E-state index contributed by atoms with van der Waals surface area (Å²) >= 11 is 1.57. The molecule has 1 aromatic heterocycles. The van der Waals surface area contributed by atoms with Crippen molar-refractivity contribution in [1.82, 2.24) is 10.6 Å². The van der Waals surface area contributed by atoms with Gasteiger partial charge in [-0.25, -0.2) is 0 Å². The molecule has 2 amide bonds. The van der Waals surface area contributed by atoms with Gasteiger partial charge in [0.15, 0.2) is 0 Å². The van der Waals surface area contributed by atoms with Crippen LogP contribution in [0.1, 0.15) is 38.8 Å². The predicted octanol–water partition coefficient (Wildman–Crippen LogP) is 3.77. The largest absolute Gasteiger partial charge is 0.361 e. The van der Waals surface area contributed by atoms with Gasteiger partial charge in [0.2, 0.25) is 0 Å². The number of hydrogen-bond acceptors (Lipinski definition) is 4. The van der Waals surface area contributed by atoms with E-state index in [2.05, 4.69) is 10.6 Å². The third kappa shape index (κ3) is 3.24. The van der Waals surface area contributed by atoms with Crippen LogP contribution in [0.25, 0.3) is 0 Å². The normalized spacial score (nSPS) is 19.9. The van der Waals surface area contributed by atoms with E-state index in [1.54, 1.807) is 30.6 Å². The molecule has 1 unspecified atom stereocenters. The first kappa shape index (κ1) is 19.4. The maximum Gasteiger partial charge on any atom is 0.253 e. The Bertz CT molecular complexity index is 1020. The van der Waals surface area contributed by atoms with Crippen LogP contribution in [0, 0.1) is 5.92 Å². The maximum absolute atomic E-state index is 12.8. The third-order valence-electron chi connectivity index (χ3n) is 5.58. The molecular weight excluding hydrogens is 384 g/mol. The van der Waals surface area contributed by atoms with Crippen LogP contribution in [0.5, 0.6) is 0 Å². The number of thiophene rings is 1. The number of fused-ring (bicyclic) bond motifs is 1. The zero-order chi connectivity index (χ0) is 20.4. The van der Waals surface area contributed by atoms with Crippen LogP contribution >= 0.6 is 11.3 Å². The zero-order valence-corrected chi connectivity index (χ0v) is 17.0. The molecule has 0 bridgehead atoms. The summed E-state index contributed by atoms with van der Waals surface area (Å²) in [5.41, 5.74) is 2.28. The molecule has 2 N–H and O–H groups in total. The van der Waals surface area contributed by atoms with Gasteiger partial charge < -0.3 is 15.4 Å². The van der Waals surface area contributed by atoms with E-state index in [4.69, 9.17) is 4.74 Å². The Morgan fingerprint density at radius 1 is 1.10 bits per heavy atom. The monoisotopic (exact) mass is 406 g/mol. The van der Waals surface area contributed by atoms with Gasteiger partial charge in [-0.15, -0.1) is 0 Å². The van der Waals surface area contributed by atoms with Gasteiger partial charge in [0.1, 0.15) is 6.23 Å². The molecule has 0 aliphatic carbocycles. The van der Waals surface area contributed by atoms with Gasteiger partial charge in [0.25, 0.3) is 11.8 Å². The van der Waals surface area contributed by atoms with Crippen LogP contribution in [0.3, 0.4) is 0 Å². The molecule has 148 valence electrons. The fourth-order valence-electron chi connectivity index (χ4n) is 4.09. The van der Waals surface area contributed by atoms with Crippen molar-refractivity contribution in [1.29, 1.82) is 0 Å². The Morgan fingerprint density at radius 3 is 2.52 bits per heavy atom. The molecule has 1 aliphatic rings. The molecule has 5 nitrogen and oxygen atoms in total. The van der Waals surface area contributed by atoms with Crippen LogP contribution in [0.15, 0.2) is 71.4 Å². The standard InChI is InChI=1S/C23H22N2O3S/c1-15(22(28-2)24-20(26)16-8-4-3-5-9-16)23(17-12-13-29-14-17)19-11-7-6-10-18(19)21(27)25-23/h3-15,22H,1-2H3,(H,24,26)(H,25,27)/t15-,22?,23-/m0/s1. The number of amides is 2. The van der Waals surface area contributed by atoms with E-state index in [1.165, 1.54) is 0 Å². The van der Waals surface area contributed by atoms with E-state index in [0.717, 1.165) is 11.1 Å². The van der Waals surface area contributed by atoms with Gasteiger partial charge in [-0.2, -0.15) is 11.3 Å². The maximum atomic E-state index is 12.8.